The summed E-state index contributed by atoms with van der Waals surface area (Å²) in [6.45, 7) is 0. The van der Waals surface area contributed by atoms with Gasteiger partial charge >= 0.3 is 0 Å². The largest absolute Gasteiger partial charge is 0.355 e. The molecule has 0 radical (unpaired) electrons. The first-order valence-electron chi connectivity index (χ1n) is 18.9. The molecule has 8 aromatic carbocycles. The van der Waals surface area contributed by atoms with Crippen LogP contribution >= 0.6 is 23.5 Å². The van der Waals surface area contributed by atoms with Gasteiger partial charge in [0, 0.05) is 55.2 Å². The number of thioether (sulfide) groups is 2. The highest BCUT2D eigenvalue weighted by Gasteiger charge is 2.14. The Kier molecular flexibility index (Phi) is 12.1. The van der Waals surface area contributed by atoms with Crippen molar-refractivity contribution >= 4 is 58.4 Å². The van der Waals surface area contributed by atoms with E-state index >= 15 is 0 Å². The summed E-state index contributed by atoms with van der Waals surface area (Å²) in [5.41, 5.74) is 14.1. The molecule has 2 N–H and O–H groups in total. The van der Waals surface area contributed by atoms with Crippen molar-refractivity contribution in [3.63, 3.8) is 0 Å². The van der Waals surface area contributed by atoms with E-state index in [-0.39, 0.29) is 0 Å². The van der Waals surface area contributed by atoms with Crippen molar-refractivity contribution < 1.29 is 0 Å². The van der Waals surface area contributed by atoms with Gasteiger partial charge in [-0.2, -0.15) is 0 Å². The van der Waals surface area contributed by atoms with E-state index in [0.717, 1.165) is 45.4 Å². The molecule has 8 aromatic rings. The summed E-state index contributed by atoms with van der Waals surface area (Å²) in [4.78, 5) is 2.52. The first-order chi connectivity index (χ1) is 27.7. The molecule has 2 nitrogen and oxygen atoms in total. The van der Waals surface area contributed by atoms with Crippen molar-refractivity contribution in [3.05, 3.63) is 229 Å². The summed E-state index contributed by atoms with van der Waals surface area (Å²) in [6.07, 6.45) is 4.34. The van der Waals surface area contributed by atoms with E-state index in [9.17, 15) is 0 Å². The Morgan fingerprint density at radius 3 is 1.07 bits per heavy atom. The standard InChI is InChI=1S/C52H42N2S2/c1-5-15-41(16-6-1)37-55-49-25-13-23-47(51(49)43-19-9-3-10-20-43)53-45-33-29-39(30-34-45)27-28-40-31-35-46(36-32-40)54-48-24-14-26-50(52(48)44-21-11-4-12-22-44)56-38-42-17-7-2-8-18-42/h1-36,53-54H,37-38H2. The lowest BCUT2D eigenvalue weighted by atomic mass is 10.0. The molecule has 0 aliphatic heterocycles. The molecule has 0 fully saturated rings. The summed E-state index contributed by atoms with van der Waals surface area (Å²) in [6, 6.07) is 73.0. The molecule has 0 heterocycles. The quantitative estimate of drug-likeness (QED) is 0.0852. The number of anilines is 4. The fourth-order valence-electron chi connectivity index (χ4n) is 6.65. The molecule has 8 rings (SSSR count). The van der Waals surface area contributed by atoms with Crippen LogP contribution in [0.4, 0.5) is 22.7 Å². The highest BCUT2D eigenvalue weighted by Crippen LogP contribution is 2.41. The van der Waals surface area contributed by atoms with Gasteiger partial charge in [-0.1, -0.05) is 170 Å². The van der Waals surface area contributed by atoms with Crippen LogP contribution < -0.4 is 10.6 Å². The lowest BCUT2D eigenvalue weighted by Gasteiger charge is -2.17. The fourth-order valence-corrected chi connectivity index (χ4v) is 8.77. The van der Waals surface area contributed by atoms with Crippen LogP contribution in [0.25, 0.3) is 34.4 Å². The Balaban J connectivity index is 0.949. The minimum Gasteiger partial charge on any atom is -0.355 e. The van der Waals surface area contributed by atoms with E-state index in [1.54, 1.807) is 0 Å². The van der Waals surface area contributed by atoms with Crippen LogP contribution in [0.5, 0.6) is 0 Å². The van der Waals surface area contributed by atoms with E-state index in [1.165, 1.54) is 43.2 Å². The lowest BCUT2D eigenvalue weighted by molar-refractivity contribution is 1.37. The van der Waals surface area contributed by atoms with Crippen LogP contribution in [0.3, 0.4) is 0 Å². The van der Waals surface area contributed by atoms with Gasteiger partial charge in [0.1, 0.15) is 0 Å². The van der Waals surface area contributed by atoms with Crippen LogP contribution in [0.15, 0.2) is 216 Å². The molecule has 0 bridgehead atoms. The molecule has 0 saturated carbocycles. The first kappa shape index (κ1) is 36.8. The Morgan fingerprint density at radius 2 is 0.696 bits per heavy atom. The minimum atomic E-state index is 0.919. The lowest BCUT2D eigenvalue weighted by Crippen LogP contribution is -1.95. The SMILES string of the molecule is C(=Cc1ccc(Nc2cccc(SCc3ccccc3)c2-c2ccccc2)cc1)c1ccc(Nc2cccc(SCc3ccccc3)c2-c2ccccc2)cc1. The summed E-state index contributed by atoms with van der Waals surface area (Å²) < 4.78 is 0. The number of nitrogens with one attached hydrogen (secondary N) is 2. The highest BCUT2D eigenvalue weighted by atomic mass is 32.2. The molecular weight excluding hydrogens is 717 g/mol. The van der Waals surface area contributed by atoms with Crippen LogP contribution in [-0.2, 0) is 11.5 Å². The third-order valence-electron chi connectivity index (χ3n) is 9.50. The summed E-state index contributed by atoms with van der Waals surface area (Å²) in [5.74, 6) is 1.84. The van der Waals surface area contributed by atoms with Gasteiger partial charge in [-0.25, -0.2) is 0 Å². The molecule has 0 saturated heterocycles. The van der Waals surface area contributed by atoms with Gasteiger partial charge < -0.3 is 10.6 Å². The molecule has 0 aliphatic carbocycles. The maximum atomic E-state index is 3.72. The van der Waals surface area contributed by atoms with E-state index in [4.69, 9.17) is 0 Å². The second-order valence-corrected chi connectivity index (χ2v) is 15.5. The van der Waals surface area contributed by atoms with Gasteiger partial charge in [-0.15, -0.1) is 23.5 Å². The van der Waals surface area contributed by atoms with E-state index in [2.05, 4.69) is 229 Å². The maximum absolute atomic E-state index is 3.72. The molecule has 4 heteroatoms. The van der Waals surface area contributed by atoms with Crippen LogP contribution in [0.2, 0.25) is 0 Å². The Morgan fingerprint density at radius 1 is 0.339 bits per heavy atom. The van der Waals surface area contributed by atoms with Gasteiger partial charge in [0.2, 0.25) is 0 Å². The predicted molar refractivity (Wildman–Crippen MR) is 244 cm³/mol. The van der Waals surface area contributed by atoms with Crippen molar-refractivity contribution in [2.75, 3.05) is 10.6 Å². The Bertz CT molecular complexity index is 2310. The molecular formula is C52H42N2S2. The van der Waals surface area contributed by atoms with Crippen molar-refractivity contribution in [1.82, 2.24) is 0 Å². The van der Waals surface area contributed by atoms with Crippen molar-refractivity contribution in [1.29, 1.82) is 0 Å². The summed E-state index contributed by atoms with van der Waals surface area (Å²) in [7, 11) is 0. The minimum absolute atomic E-state index is 0.919. The zero-order chi connectivity index (χ0) is 37.8. The average molecular weight is 759 g/mol. The number of benzene rings is 8. The van der Waals surface area contributed by atoms with Gasteiger partial charge in [0.25, 0.3) is 0 Å². The third-order valence-corrected chi connectivity index (χ3v) is 11.8. The first-order valence-corrected chi connectivity index (χ1v) is 20.8. The normalized spacial score (nSPS) is 11.1. The second kappa shape index (κ2) is 18.4. The van der Waals surface area contributed by atoms with Crippen LogP contribution in [0, 0.1) is 0 Å². The Hall–Kier alpha value is -6.20. The predicted octanol–water partition coefficient (Wildman–Crippen LogP) is 15.3. The molecule has 56 heavy (non-hydrogen) atoms. The van der Waals surface area contributed by atoms with Crippen molar-refractivity contribution in [2.24, 2.45) is 0 Å². The molecule has 0 unspecified atom stereocenters. The van der Waals surface area contributed by atoms with Crippen LogP contribution in [0.1, 0.15) is 22.3 Å². The zero-order valence-corrected chi connectivity index (χ0v) is 32.6. The molecule has 0 amide bonds. The topological polar surface area (TPSA) is 24.1 Å². The molecule has 0 atom stereocenters. The van der Waals surface area contributed by atoms with Crippen LogP contribution in [-0.4, -0.2) is 0 Å². The molecule has 0 spiro atoms. The summed E-state index contributed by atoms with van der Waals surface area (Å²) in [5, 5.41) is 7.45. The van der Waals surface area contributed by atoms with Gasteiger partial charge in [-0.05, 0) is 81.9 Å². The number of rotatable bonds is 14. The van der Waals surface area contributed by atoms with Crippen molar-refractivity contribution in [3.8, 4) is 22.3 Å². The average Bonchev–Trinajstić information content (AvgIpc) is 3.26. The molecule has 272 valence electrons. The maximum Gasteiger partial charge on any atom is 0.0475 e. The van der Waals surface area contributed by atoms with Crippen molar-refractivity contribution in [2.45, 2.75) is 21.3 Å². The number of hydrogen-bond donors (Lipinski definition) is 2. The zero-order valence-electron chi connectivity index (χ0n) is 31.0. The third kappa shape index (κ3) is 9.53. The summed E-state index contributed by atoms with van der Waals surface area (Å²) >= 11 is 3.75. The van der Waals surface area contributed by atoms with E-state index in [0.29, 0.717) is 0 Å². The second-order valence-electron chi connectivity index (χ2n) is 13.5. The van der Waals surface area contributed by atoms with Gasteiger partial charge in [0.15, 0.2) is 0 Å². The number of hydrogen-bond acceptors (Lipinski definition) is 4. The Labute approximate surface area is 339 Å². The fraction of sp³-hybridized carbons (Fsp3) is 0.0385. The smallest absolute Gasteiger partial charge is 0.0475 e. The molecule has 0 aromatic heterocycles. The van der Waals surface area contributed by atoms with Gasteiger partial charge in [-0.3, -0.25) is 0 Å². The van der Waals surface area contributed by atoms with E-state index in [1.807, 2.05) is 23.5 Å². The van der Waals surface area contributed by atoms with E-state index < -0.39 is 0 Å². The van der Waals surface area contributed by atoms with Gasteiger partial charge in [0.05, 0.1) is 0 Å². The monoisotopic (exact) mass is 758 g/mol. The highest BCUT2D eigenvalue weighted by molar-refractivity contribution is 7.99. The molecule has 0 aliphatic rings.